The molecule has 0 aliphatic carbocycles. The first kappa shape index (κ1) is 15.7. The number of anilines is 1. The number of nitrogens with zero attached hydrogens (tertiary/aromatic N) is 1. The topological polar surface area (TPSA) is 68.0 Å². The maximum absolute atomic E-state index is 11.9. The summed E-state index contributed by atoms with van der Waals surface area (Å²) in [7, 11) is 0. The van der Waals surface area contributed by atoms with Crippen LogP contribution in [0.1, 0.15) is 39.0 Å². The lowest BCUT2D eigenvalue weighted by molar-refractivity contribution is -0.117. The van der Waals surface area contributed by atoms with E-state index in [9.17, 15) is 4.79 Å². The number of amides is 1. The van der Waals surface area contributed by atoms with Gasteiger partial charge in [-0.1, -0.05) is 50.9 Å². The Labute approximate surface area is 118 Å². The summed E-state index contributed by atoms with van der Waals surface area (Å²) in [4.78, 5) is 16.8. The number of thiazole rings is 1. The third kappa shape index (κ3) is 5.41. The fourth-order valence-electron chi connectivity index (χ4n) is 1.28. The summed E-state index contributed by atoms with van der Waals surface area (Å²) in [5.41, 5.74) is 5.42. The summed E-state index contributed by atoms with van der Waals surface area (Å²) in [6.45, 7) is 8.81. The van der Waals surface area contributed by atoms with Gasteiger partial charge in [0.15, 0.2) is 5.13 Å². The van der Waals surface area contributed by atoms with Crippen LogP contribution >= 0.6 is 11.3 Å². The fourth-order valence-corrected chi connectivity index (χ4v) is 1.99. The van der Waals surface area contributed by atoms with Gasteiger partial charge in [0.2, 0.25) is 5.91 Å². The molecule has 1 heterocycles. The number of nitrogens with one attached hydrogen (secondary N) is 1. The summed E-state index contributed by atoms with van der Waals surface area (Å²) in [6.07, 6.45) is 2.14. The van der Waals surface area contributed by atoms with Crippen LogP contribution in [0.4, 0.5) is 5.13 Å². The minimum Gasteiger partial charge on any atom is -0.320 e. The minimum absolute atomic E-state index is 0.00453. The zero-order valence-corrected chi connectivity index (χ0v) is 12.7. The van der Waals surface area contributed by atoms with Gasteiger partial charge in [0.25, 0.3) is 0 Å². The van der Waals surface area contributed by atoms with Crippen LogP contribution in [0.5, 0.6) is 0 Å². The number of hydrogen-bond acceptors (Lipinski definition) is 4. The van der Waals surface area contributed by atoms with E-state index in [2.05, 4.69) is 49.8 Å². The SMILES string of the molecule is CC(CC(=O)Nc1ncc(C#CCN)s1)C(C)(C)C. The second-order valence-electron chi connectivity index (χ2n) is 5.55. The molecule has 0 aromatic carbocycles. The van der Waals surface area contributed by atoms with Gasteiger partial charge in [-0.15, -0.1) is 0 Å². The summed E-state index contributed by atoms with van der Waals surface area (Å²) in [5.74, 6) is 5.96. The predicted molar refractivity (Wildman–Crippen MR) is 79.9 cm³/mol. The van der Waals surface area contributed by atoms with Crippen LogP contribution < -0.4 is 11.1 Å². The number of carbonyl (C=O) groups is 1. The van der Waals surface area contributed by atoms with E-state index in [1.807, 2.05) is 0 Å². The molecule has 0 fully saturated rings. The monoisotopic (exact) mass is 279 g/mol. The molecule has 0 aliphatic heterocycles. The van der Waals surface area contributed by atoms with Crippen molar-refractivity contribution in [2.24, 2.45) is 17.1 Å². The van der Waals surface area contributed by atoms with Crippen LogP contribution in [0.2, 0.25) is 0 Å². The molecule has 5 heteroatoms. The second kappa shape index (κ2) is 6.69. The molecule has 3 N–H and O–H groups in total. The molecule has 1 amide bonds. The van der Waals surface area contributed by atoms with Gasteiger partial charge in [0.05, 0.1) is 17.6 Å². The van der Waals surface area contributed by atoms with Crippen LogP contribution in [-0.2, 0) is 4.79 Å². The first-order chi connectivity index (χ1) is 8.82. The van der Waals surface area contributed by atoms with Crippen molar-refractivity contribution in [2.45, 2.75) is 34.1 Å². The third-order valence-corrected chi connectivity index (χ3v) is 3.86. The quantitative estimate of drug-likeness (QED) is 0.835. The third-order valence-electron chi connectivity index (χ3n) is 3.04. The number of aromatic nitrogens is 1. The Morgan fingerprint density at radius 1 is 1.58 bits per heavy atom. The number of carbonyl (C=O) groups excluding carboxylic acids is 1. The molecular weight excluding hydrogens is 258 g/mol. The highest BCUT2D eigenvalue weighted by Crippen LogP contribution is 2.28. The maximum Gasteiger partial charge on any atom is 0.226 e. The number of hydrogen-bond donors (Lipinski definition) is 2. The predicted octanol–water partition coefficient (Wildman–Crippen LogP) is 2.46. The molecule has 1 atom stereocenters. The Morgan fingerprint density at radius 3 is 2.84 bits per heavy atom. The van der Waals surface area contributed by atoms with E-state index in [1.54, 1.807) is 6.20 Å². The largest absolute Gasteiger partial charge is 0.320 e. The van der Waals surface area contributed by atoms with Crippen LogP contribution in [0, 0.1) is 23.2 Å². The smallest absolute Gasteiger partial charge is 0.226 e. The molecule has 104 valence electrons. The van der Waals surface area contributed by atoms with E-state index >= 15 is 0 Å². The molecule has 0 bridgehead atoms. The molecular formula is C14H21N3OS. The molecule has 0 saturated heterocycles. The number of rotatable bonds is 3. The van der Waals surface area contributed by atoms with Crippen molar-refractivity contribution in [3.63, 3.8) is 0 Å². The van der Waals surface area contributed by atoms with E-state index in [4.69, 9.17) is 5.73 Å². The fraction of sp³-hybridized carbons (Fsp3) is 0.571. The first-order valence-corrected chi connectivity index (χ1v) is 7.09. The first-order valence-electron chi connectivity index (χ1n) is 6.27. The van der Waals surface area contributed by atoms with Crippen molar-refractivity contribution in [3.8, 4) is 11.8 Å². The summed E-state index contributed by atoms with van der Waals surface area (Å²) >= 11 is 1.36. The van der Waals surface area contributed by atoms with Crippen LogP contribution in [0.25, 0.3) is 0 Å². The minimum atomic E-state index is -0.00453. The molecule has 1 aromatic heterocycles. The lowest BCUT2D eigenvalue weighted by Crippen LogP contribution is -2.23. The Bertz CT molecular complexity index is 491. The highest BCUT2D eigenvalue weighted by atomic mass is 32.1. The van der Waals surface area contributed by atoms with Crippen molar-refractivity contribution in [1.82, 2.24) is 4.98 Å². The molecule has 19 heavy (non-hydrogen) atoms. The van der Waals surface area contributed by atoms with Crippen LogP contribution in [0.3, 0.4) is 0 Å². The van der Waals surface area contributed by atoms with Gasteiger partial charge in [-0.3, -0.25) is 4.79 Å². The molecule has 4 nitrogen and oxygen atoms in total. The molecule has 0 saturated carbocycles. The van der Waals surface area contributed by atoms with E-state index in [1.165, 1.54) is 11.3 Å². The van der Waals surface area contributed by atoms with E-state index in [0.29, 0.717) is 24.0 Å². The van der Waals surface area contributed by atoms with Crippen molar-refractivity contribution >= 4 is 22.4 Å². The molecule has 1 rings (SSSR count). The highest BCUT2D eigenvalue weighted by molar-refractivity contribution is 7.16. The average molecular weight is 279 g/mol. The highest BCUT2D eigenvalue weighted by Gasteiger charge is 2.22. The summed E-state index contributed by atoms with van der Waals surface area (Å²) < 4.78 is 0. The van der Waals surface area contributed by atoms with Crippen LogP contribution in [0.15, 0.2) is 6.20 Å². The van der Waals surface area contributed by atoms with Gasteiger partial charge in [0.1, 0.15) is 0 Å². The maximum atomic E-state index is 11.9. The van der Waals surface area contributed by atoms with Gasteiger partial charge in [0, 0.05) is 6.42 Å². The van der Waals surface area contributed by atoms with Gasteiger partial charge in [-0.25, -0.2) is 4.98 Å². The Balaban J connectivity index is 2.55. The number of nitrogens with two attached hydrogens (primary N) is 1. The van der Waals surface area contributed by atoms with Crippen LogP contribution in [-0.4, -0.2) is 17.4 Å². The Hall–Kier alpha value is -1.38. The van der Waals surface area contributed by atoms with Gasteiger partial charge >= 0.3 is 0 Å². The Morgan fingerprint density at radius 2 is 2.26 bits per heavy atom. The molecule has 1 aromatic rings. The van der Waals surface area contributed by atoms with Gasteiger partial charge in [-0.05, 0) is 11.3 Å². The van der Waals surface area contributed by atoms with Crippen molar-refractivity contribution in [1.29, 1.82) is 0 Å². The van der Waals surface area contributed by atoms with E-state index in [0.717, 1.165) is 4.88 Å². The summed E-state index contributed by atoms with van der Waals surface area (Å²) in [5, 5.41) is 3.40. The molecule has 1 unspecified atom stereocenters. The van der Waals surface area contributed by atoms with E-state index in [-0.39, 0.29) is 11.3 Å². The molecule has 0 spiro atoms. The normalized spacial score (nSPS) is 12.5. The molecule has 0 radical (unpaired) electrons. The van der Waals surface area contributed by atoms with Gasteiger partial charge < -0.3 is 11.1 Å². The Kier molecular flexibility index (Phi) is 5.52. The summed E-state index contributed by atoms with van der Waals surface area (Å²) in [6, 6.07) is 0. The lowest BCUT2D eigenvalue weighted by Gasteiger charge is -2.26. The zero-order valence-electron chi connectivity index (χ0n) is 11.9. The van der Waals surface area contributed by atoms with Crippen molar-refractivity contribution in [2.75, 3.05) is 11.9 Å². The average Bonchev–Trinajstić information content (AvgIpc) is 2.72. The molecule has 0 aliphatic rings. The van der Waals surface area contributed by atoms with Crippen molar-refractivity contribution < 1.29 is 4.79 Å². The van der Waals surface area contributed by atoms with Gasteiger partial charge in [-0.2, -0.15) is 0 Å². The second-order valence-corrected chi connectivity index (χ2v) is 6.59. The lowest BCUT2D eigenvalue weighted by atomic mass is 9.80. The van der Waals surface area contributed by atoms with E-state index < -0.39 is 0 Å². The zero-order chi connectivity index (χ0) is 14.5. The van der Waals surface area contributed by atoms with Crippen molar-refractivity contribution in [3.05, 3.63) is 11.1 Å². The standard InChI is InChI=1S/C14H21N3OS/c1-10(14(2,3)4)8-12(18)17-13-16-9-11(19-13)6-5-7-15/h9-10H,7-8,15H2,1-4H3,(H,16,17,18).